The van der Waals surface area contributed by atoms with E-state index in [1.54, 1.807) is 0 Å². The molecule has 0 spiro atoms. The summed E-state index contributed by atoms with van der Waals surface area (Å²) in [4.78, 5) is 0. The molecule has 1 rings (SSSR count). The van der Waals surface area contributed by atoms with E-state index in [1.165, 1.54) is 0 Å². The van der Waals surface area contributed by atoms with Gasteiger partial charge in [-0.1, -0.05) is 24.3 Å². The zero-order valence-corrected chi connectivity index (χ0v) is 7.12. The van der Waals surface area contributed by atoms with Gasteiger partial charge in [-0.3, -0.25) is 0 Å². The maximum absolute atomic E-state index is 8.42. The van der Waals surface area contributed by atoms with Crippen molar-refractivity contribution in [3.63, 3.8) is 0 Å². The van der Waals surface area contributed by atoms with Crippen molar-refractivity contribution >= 4 is 0 Å². The molecule has 1 atom stereocenters. The van der Waals surface area contributed by atoms with Gasteiger partial charge in [0.15, 0.2) is 0 Å². The van der Waals surface area contributed by atoms with Crippen LogP contribution in [0.2, 0.25) is 0 Å². The molecule has 0 heterocycles. The normalized spacial score (nSPS) is 12.1. The predicted octanol–water partition coefficient (Wildman–Crippen LogP) is 1.77. The molecule has 1 aromatic rings. The van der Waals surface area contributed by atoms with Crippen molar-refractivity contribution in [2.45, 2.75) is 19.4 Å². The number of nitrogens with zero attached hydrogens (tertiary/aromatic N) is 1. The van der Waals surface area contributed by atoms with E-state index < -0.39 is 0 Å². The highest BCUT2D eigenvalue weighted by atomic mass is 14.6. The lowest BCUT2D eigenvalue weighted by molar-refractivity contribution is 0.817. The fraction of sp³-hybridized carbons (Fsp3) is 0.300. The summed E-state index contributed by atoms with van der Waals surface area (Å²) in [6.45, 7) is 1.94. The molecule has 2 nitrogen and oxygen atoms in total. The van der Waals surface area contributed by atoms with Crippen LogP contribution >= 0.6 is 0 Å². The van der Waals surface area contributed by atoms with Crippen LogP contribution in [0.3, 0.4) is 0 Å². The number of rotatable bonds is 2. The number of nitrogens with two attached hydrogens (primary N) is 1. The average molecular weight is 160 g/mol. The summed E-state index contributed by atoms with van der Waals surface area (Å²) in [7, 11) is 0. The van der Waals surface area contributed by atoms with Crippen molar-refractivity contribution in [1.29, 1.82) is 5.26 Å². The van der Waals surface area contributed by atoms with Crippen molar-refractivity contribution in [3.05, 3.63) is 35.4 Å². The Kier molecular flexibility index (Phi) is 2.84. The molecule has 0 amide bonds. The molecule has 0 aliphatic carbocycles. The van der Waals surface area contributed by atoms with Crippen LogP contribution in [-0.2, 0) is 6.42 Å². The fourth-order valence-corrected chi connectivity index (χ4v) is 1.03. The van der Waals surface area contributed by atoms with E-state index in [2.05, 4.69) is 6.07 Å². The summed E-state index contributed by atoms with van der Waals surface area (Å²) in [5, 5.41) is 8.42. The molecular formula is C10H12N2. The Balaban J connectivity index is 2.80. The largest absolute Gasteiger partial charge is 0.324 e. The molecule has 0 aliphatic rings. The van der Waals surface area contributed by atoms with Crippen LogP contribution in [0.15, 0.2) is 24.3 Å². The summed E-state index contributed by atoms with van der Waals surface area (Å²) < 4.78 is 0. The van der Waals surface area contributed by atoms with Gasteiger partial charge in [0.25, 0.3) is 0 Å². The van der Waals surface area contributed by atoms with Crippen molar-refractivity contribution in [2.24, 2.45) is 5.73 Å². The van der Waals surface area contributed by atoms with Gasteiger partial charge in [-0.15, -0.1) is 0 Å². The zero-order chi connectivity index (χ0) is 8.97. The summed E-state index contributed by atoms with van der Waals surface area (Å²) in [6, 6.07) is 10.0. The van der Waals surface area contributed by atoms with E-state index in [9.17, 15) is 0 Å². The molecule has 1 aromatic carbocycles. The number of hydrogen-bond donors (Lipinski definition) is 1. The lowest BCUT2D eigenvalue weighted by Gasteiger charge is -2.04. The molecule has 0 aliphatic heterocycles. The molecule has 62 valence electrons. The maximum Gasteiger partial charge on any atom is 0.0669 e. The van der Waals surface area contributed by atoms with Crippen molar-refractivity contribution in [2.75, 3.05) is 0 Å². The zero-order valence-electron chi connectivity index (χ0n) is 7.12. The molecule has 2 N–H and O–H groups in total. The molecule has 0 radical (unpaired) electrons. The summed E-state index contributed by atoms with van der Waals surface area (Å²) in [5.74, 6) is 0. The van der Waals surface area contributed by atoms with Gasteiger partial charge in [-0.2, -0.15) is 5.26 Å². The molecular weight excluding hydrogens is 148 g/mol. The van der Waals surface area contributed by atoms with E-state index in [1.807, 2.05) is 31.2 Å². The van der Waals surface area contributed by atoms with Crippen molar-refractivity contribution < 1.29 is 0 Å². The first-order valence-corrected chi connectivity index (χ1v) is 3.95. The molecule has 12 heavy (non-hydrogen) atoms. The van der Waals surface area contributed by atoms with Crippen LogP contribution in [0.1, 0.15) is 24.1 Å². The number of hydrogen-bond acceptors (Lipinski definition) is 2. The monoisotopic (exact) mass is 160 g/mol. The lowest BCUT2D eigenvalue weighted by Crippen LogP contribution is -2.04. The van der Waals surface area contributed by atoms with Crippen molar-refractivity contribution in [3.8, 4) is 6.07 Å². The second kappa shape index (κ2) is 3.89. The molecule has 0 bridgehead atoms. The molecule has 0 saturated carbocycles. The van der Waals surface area contributed by atoms with Crippen LogP contribution in [0.4, 0.5) is 0 Å². The van der Waals surface area contributed by atoms with Crippen molar-refractivity contribution in [1.82, 2.24) is 0 Å². The first kappa shape index (κ1) is 8.76. The van der Waals surface area contributed by atoms with Gasteiger partial charge in [-0.05, 0) is 18.1 Å². The Morgan fingerprint density at radius 1 is 1.42 bits per heavy atom. The van der Waals surface area contributed by atoms with Gasteiger partial charge in [0, 0.05) is 6.04 Å². The fourth-order valence-electron chi connectivity index (χ4n) is 1.03. The van der Waals surface area contributed by atoms with E-state index in [0.717, 1.165) is 11.1 Å². The third kappa shape index (κ3) is 2.08. The minimum Gasteiger partial charge on any atom is -0.324 e. The van der Waals surface area contributed by atoms with Crippen LogP contribution in [0.25, 0.3) is 0 Å². The predicted molar refractivity (Wildman–Crippen MR) is 48.4 cm³/mol. The summed E-state index contributed by atoms with van der Waals surface area (Å²) >= 11 is 0. The van der Waals surface area contributed by atoms with Gasteiger partial charge in [-0.25, -0.2) is 0 Å². The first-order chi connectivity index (χ1) is 5.74. The Bertz CT molecular complexity index is 280. The molecule has 0 fully saturated rings. The standard InChI is InChI=1S/C10H12N2/c1-8(12)10-4-2-9(3-5-10)6-7-11/h2-5,8H,6,12H2,1H3. The molecule has 0 aromatic heterocycles. The summed E-state index contributed by atoms with van der Waals surface area (Å²) in [6.07, 6.45) is 0.471. The third-order valence-electron chi connectivity index (χ3n) is 1.79. The van der Waals surface area contributed by atoms with Crippen LogP contribution in [0, 0.1) is 11.3 Å². The highest BCUT2D eigenvalue weighted by Gasteiger charge is 1.97. The smallest absolute Gasteiger partial charge is 0.0669 e. The van der Waals surface area contributed by atoms with E-state index in [4.69, 9.17) is 11.0 Å². The van der Waals surface area contributed by atoms with Gasteiger partial charge in [0.2, 0.25) is 0 Å². The van der Waals surface area contributed by atoms with Crippen LogP contribution in [0.5, 0.6) is 0 Å². The second-order valence-corrected chi connectivity index (χ2v) is 2.87. The van der Waals surface area contributed by atoms with Gasteiger partial charge >= 0.3 is 0 Å². The highest BCUT2D eigenvalue weighted by Crippen LogP contribution is 2.10. The minimum absolute atomic E-state index is 0.0705. The SMILES string of the molecule is CC(N)c1ccc(CC#N)cc1. The Hall–Kier alpha value is -1.33. The lowest BCUT2D eigenvalue weighted by atomic mass is 10.1. The Labute approximate surface area is 72.6 Å². The number of benzene rings is 1. The van der Waals surface area contributed by atoms with Gasteiger partial charge in [0.1, 0.15) is 0 Å². The van der Waals surface area contributed by atoms with Gasteiger partial charge < -0.3 is 5.73 Å². The van der Waals surface area contributed by atoms with E-state index in [-0.39, 0.29) is 6.04 Å². The van der Waals surface area contributed by atoms with E-state index >= 15 is 0 Å². The minimum atomic E-state index is 0.0705. The quantitative estimate of drug-likeness (QED) is 0.716. The topological polar surface area (TPSA) is 49.8 Å². The molecule has 2 heteroatoms. The Morgan fingerprint density at radius 2 is 2.00 bits per heavy atom. The Morgan fingerprint density at radius 3 is 2.42 bits per heavy atom. The third-order valence-corrected chi connectivity index (χ3v) is 1.79. The van der Waals surface area contributed by atoms with Gasteiger partial charge in [0.05, 0.1) is 12.5 Å². The molecule has 1 unspecified atom stereocenters. The van der Waals surface area contributed by atoms with E-state index in [0.29, 0.717) is 6.42 Å². The first-order valence-electron chi connectivity index (χ1n) is 3.95. The molecule has 0 saturated heterocycles. The maximum atomic E-state index is 8.42. The second-order valence-electron chi connectivity index (χ2n) is 2.87. The highest BCUT2D eigenvalue weighted by molar-refractivity contribution is 5.25. The summed E-state index contributed by atoms with van der Waals surface area (Å²) in [5.41, 5.74) is 7.82. The van der Waals surface area contributed by atoms with Crippen LogP contribution in [-0.4, -0.2) is 0 Å². The number of nitriles is 1. The average Bonchev–Trinajstić information content (AvgIpc) is 2.06. The van der Waals surface area contributed by atoms with Crippen LogP contribution < -0.4 is 5.73 Å².